The van der Waals surface area contributed by atoms with Gasteiger partial charge in [0.15, 0.2) is 0 Å². The van der Waals surface area contributed by atoms with Crippen molar-refractivity contribution in [2.45, 2.75) is 33.2 Å². The molecule has 5 heteroatoms. The van der Waals surface area contributed by atoms with Crippen molar-refractivity contribution in [1.82, 2.24) is 14.9 Å². The molecule has 5 nitrogen and oxygen atoms in total. The molecule has 0 saturated carbocycles. The molecule has 94 valence electrons. The normalized spacial score (nSPS) is 20.8. The quantitative estimate of drug-likeness (QED) is 0.608. The predicted molar refractivity (Wildman–Crippen MR) is 68.3 cm³/mol. The number of nitrogen functional groups attached to an aromatic ring is 1. The van der Waals surface area contributed by atoms with E-state index in [0.717, 1.165) is 30.5 Å². The van der Waals surface area contributed by atoms with Gasteiger partial charge in [-0.05, 0) is 25.8 Å². The summed E-state index contributed by atoms with van der Waals surface area (Å²) < 4.78 is 0. The van der Waals surface area contributed by atoms with Gasteiger partial charge in [-0.15, -0.1) is 0 Å². The maximum absolute atomic E-state index is 5.39. The minimum atomic E-state index is 0.693. The molecule has 0 aromatic carbocycles. The molecule has 0 radical (unpaired) electrons. The first-order valence-electron chi connectivity index (χ1n) is 6.24. The van der Waals surface area contributed by atoms with Crippen LogP contribution in [0.5, 0.6) is 0 Å². The Balaban J connectivity index is 2.01. The zero-order valence-electron chi connectivity index (χ0n) is 10.6. The van der Waals surface area contributed by atoms with Gasteiger partial charge in [0.1, 0.15) is 11.6 Å². The average Bonchev–Trinajstić information content (AvgIpc) is 2.76. The van der Waals surface area contributed by atoms with Crippen molar-refractivity contribution in [2.24, 2.45) is 11.8 Å². The molecule has 1 unspecified atom stereocenters. The molecule has 1 saturated heterocycles. The lowest BCUT2D eigenvalue weighted by atomic mass is 10.1. The molecule has 0 amide bonds. The monoisotopic (exact) mass is 235 g/mol. The molecular weight excluding hydrogens is 214 g/mol. The van der Waals surface area contributed by atoms with E-state index in [9.17, 15) is 0 Å². The van der Waals surface area contributed by atoms with Crippen LogP contribution in [0.4, 0.5) is 5.82 Å². The van der Waals surface area contributed by atoms with Gasteiger partial charge in [0.25, 0.3) is 0 Å². The van der Waals surface area contributed by atoms with Gasteiger partial charge < -0.3 is 5.43 Å². The molecule has 0 aliphatic carbocycles. The third-order valence-corrected chi connectivity index (χ3v) is 3.36. The molecule has 1 atom stereocenters. The number of hydrogen-bond acceptors (Lipinski definition) is 5. The van der Waals surface area contributed by atoms with E-state index in [-0.39, 0.29) is 0 Å². The van der Waals surface area contributed by atoms with Crippen molar-refractivity contribution in [3.8, 4) is 0 Å². The largest absolute Gasteiger partial charge is 0.308 e. The molecule has 1 aromatic heterocycles. The van der Waals surface area contributed by atoms with E-state index in [1.807, 2.05) is 13.0 Å². The van der Waals surface area contributed by atoms with E-state index in [4.69, 9.17) is 5.84 Å². The molecule has 3 N–H and O–H groups in total. The lowest BCUT2D eigenvalue weighted by Crippen LogP contribution is -2.22. The fourth-order valence-corrected chi connectivity index (χ4v) is 2.36. The van der Waals surface area contributed by atoms with Crippen molar-refractivity contribution in [3.63, 3.8) is 0 Å². The Kier molecular flexibility index (Phi) is 3.91. The summed E-state index contributed by atoms with van der Waals surface area (Å²) in [5.74, 6) is 7.77. The number of aromatic nitrogens is 2. The first kappa shape index (κ1) is 12.3. The van der Waals surface area contributed by atoms with Crippen molar-refractivity contribution in [3.05, 3.63) is 17.6 Å². The summed E-state index contributed by atoms with van der Waals surface area (Å²) in [6, 6.07) is 1.85. The van der Waals surface area contributed by atoms with Crippen LogP contribution in [0, 0.1) is 12.8 Å². The number of nitrogens with zero attached hydrogens (tertiary/aromatic N) is 3. The Morgan fingerprint density at radius 2 is 2.35 bits per heavy atom. The van der Waals surface area contributed by atoms with E-state index < -0.39 is 0 Å². The fraction of sp³-hybridized carbons (Fsp3) is 0.667. The molecule has 0 bridgehead atoms. The highest BCUT2D eigenvalue weighted by atomic mass is 15.3. The van der Waals surface area contributed by atoms with Gasteiger partial charge in [-0.25, -0.2) is 15.8 Å². The van der Waals surface area contributed by atoms with Crippen LogP contribution in [-0.2, 0) is 6.54 Å². The zero-order chi connectivity index (χ0) is 12.3. The van der Waals surface area contributed by atoms with Crippen LogP contribution in [0.1, 0.15) is 31.3 Å². The number of nitrogens with one attached hydrogen (secondary N) is 1. The standard InChI is InChI=1S/C12H21N5/c1-3-10-4-5-17(7-10)8-12-14-9(2)6-11(15-12)16-13/h6,10H,3-5,7-8,13H2,1-2H3,(H,14,15,16). The van der Waals surface area contributed by atoms with E-state index in [2.05, 4.69) is 27.2 Å². The number of nitrogens with two attached hydrogens (primary N) is 1. The number of anilines is 1. The first-order chi connectivity index (χ1) is 8.21. The summed E-state index contributed by atoms with van der Waals surface area (Å²) in [5, 5.41) is 0. The molecule has 1 fully saturated rings. The molecule has 1 aromatic rings. The van der Waals surface area contributed by atoms with Gasteiger partial charge in [0.2, 0.25) is 0 Å². The van der Waals surface area contributed by atoms with Crippen molar-refractivity contribution < 1.29 is 0 Å². The Bertz CT molecular complexity index is 379. The average molecular weight is 235 g/mol. The Labute approximate surface area is 102 Å². The van der Waals surface area contributed by atoms with Crippen LogP contribution >= 0.6 is 0 Å². The summed E-state index contributed by atoms with van der Waals surface area (Å²) in [4.78, 5) is 11.2. The van der Waals surface area contributed by atoms with Crippen LogP contribution in [0.25, 0.3) is 0 Å². The van der Waals surface area contributed by atoms with E-state index in [0.29, 0.717) is 5.82 Å². The molecule has 1 aliphatic rings. The van der Waals surface area contributed by atoms with Crippen LogP contribution in [0.2, 0.25) is 0 Å². The maximum Gasteiger partial charge on any atom is 0.145 e. The van der Waals surface area contributed by atoms with Gasteiger partial charge in [0.05, 0.1) is 6.54 Å². The van der Waals surface area contributed by atoms with Gasteiger partial charge in [0, 0.05) is 18.3 Å². The minimum Gasteiger partial charge on any atom is -0.308 e. The van der Waals surface area contributed by atoms with Gasteiger partial charge >= 0.3 is 0 Å². The smallest absolute Gasteiger partial charge is 0.145 e. The number of hydrazine groups is 1. The molecular formula is C12H21N5. The summed E-state index contributed by atoms with van der Waals surface area (Å²) in [5.41, 5.74) is 3.54. The van der Waals surface area contributed by atoms with Gasteiger partial charge in [-0.3, -0.25) is 4.90 Å². The molecule has 17 heavy (non-hydrogen) atoms. The highest BCUT2D eigenvalue weighted by Gasteiger charge is 2.21. The highest BCUT2D eigenvalue weighted by molar-refractivity contribution is 5.33. The summed E-state index contributed by atoms with van der Waals surface area (Å²) in [6.07, 6.45) is 2.56. The lowest BCUT2D eigenvalue weighted by Gasteiger charge is -2.15. The second kappa shape index (κ2) is 5.42. The Morgan fingerprint density at radius 3 is 3.00 bits per heavy atom. The Hall–Kier alpha value is -1.20. The SMILES string of the molecule is CCC1CCN(Cc2nc(C)cc(NN)n2)C1. The van der Waals surface area contributed by atoms with Gasteiger partial charge in [-0.2, -0.15) is 0 Å². The fourth-order valence-electron chi connectivity index (χ4n) is 2.36. The van der Waals surface area contributed by atoms with E-state index >= 15 is 0 Å². The summed E-state index contributed by atoms with van der Waals surface area (Å²) in [7, 11) is 0. The third kappa shape index (κ3) is 3.14. The summed E-state index contributed by atoms with van der Waals surface area (Å²) >= 11 is 0. The highest BCUT2D eigenvalue weighted by Crippen LogP contribution is 2.20. The minimum absolute atomic E-state index is 0.693. The summed E-state index contributed by atoms with van der Waals surface area (Å²) in [6.45, 7) is 7.37. The number of rotatable bonds is 4. The van der Waals surface area contributed by atoms with Crippen LogP contribution in [-0.4, -0.2) is 28.0 Å². The lowest BCUT2D eigenvalue weighted by molar-refractivity contribution is 0.307. The topological polar surface area (TPSA) is 67.1 Å². The second-order valence-electron chi connectivity index (χ2n) is 4.75. The number of hydrogen-bond donors (Lipinski definition) is 2. The second-order valence-corrected chi connectivity index (χ2v) is 4.75. The van der Waals surface area contributed by atoms with E-state index in [1.165, 1.54) is 19.4 Å². The molecule has 2 heterocycles. The molecule has 2 rings (SSSR count). The Morgan fingerprint density at radius 1 is 1.53 bits per heavy atom. The van der Waals surface area contributed by atoms with Crippen LogP contribution in [0.15, 0.2) is 6.07 Å². The number of likely N-dealkylation sites (tertiary alicyclic amines) is 1. The molecule has 0 spiro atoms. The van der Waals surface area contributed by atoms with Crippen LogP contribution < -0.4 is 11.3 Å². The van der Waals surface area contributed by atoms with Crippen molar-refractivity contribution >= 4 is 5.82 Å². The third-order valence-electron chi connectivity index (χ3n) is 3.36. The van der Waals surface area contributed by atoms with Crippen LogP contribution in [0.3, 0.4) is 0 Å². The van der Waals surface area contributed by atoms with Crippen molar-refractivity contribution in [2.75, 3.05) is 18.5 Å². The maximum atomic E-state index is 5.39. The van der Waals surface area contributed by atoms with E-state index in [1.54, 1.807) is 0 Å². The van der Waals surface area contributed by atoms with Gasteiger partial charge in [-0.1, -0.05) is 13.3 Å². The van der Waals surface area contributed by atoms with Crippen molar-refractivity contribution in [1.29, 1.82) is 0 Å². The molecule has 1 aliphatic heterocycles. The zero-order valence-corrected chi connectivity index (χ0v) is 10.6. The number of aryl methyl sites for hydroxylation is 1. The first-order valence-corrected chi connectivity index (χ1v) is 6.24. The predicted octanol–water partition coefficient (Wildman–Crippen LogP) is 1.30.